The van der Waals surface area contributed by atoms with Gasteiger partial charge < -0.3 is 10.1 Å². The molecule has 0 aliphatic heterocycles. The lowest BCUT2D eigenvalue weighted by Gasteiger charge is -2.11. The summed E-state index contributed by atoms with van der Waals surface area (Å²) in [7, 11) is 0. The monoisotopic (exact) mass is 369 g/mol. The van der Waals surface area contributed by atoms with Gasteiger partial charge in [-0.2, -0.15) is 0 Å². The number of benzene rings is 2. The van der Waals surface area contributed by atoms with Crippen LogP contribution in [0.2, 0.25) is 0 Å². The first-order valence-electron chi connectivity index (χ1n) is 9.10. The Morgan fingerprint density at radius 1 is 1.00 bits per heavy atom. The third kappa shape index (κ3) is 3.69. The van der Waals surface area contributed by atoms with Crippen molar-refractivity contribution in [3.8, 4) is 17.0 Å². The standard InChI is InChI=1S/C23H19N3O2/c1-2-28-17-12-10-16(11-13-17)21-15-19(18-7-3-4-8-20(18)25-21)23(27)26-22-9-5-6-14-24-22/h3-15H,2H2,1H3,(H,24,26,27). The number of carbonyl (C=O) groups is 1. The van der Waals surface area contributed by atoms with Gasteiger partial charge in [-0.15, -0.1) is 0 Å². The van der Waals surface area contributed by atoms with E-state index in [1.165, 1.54) is 0 Å². The number of pyridine rings is 2. The molecular weight excluding hydrogens is 350 g/mol. The van der Waals surface area contributed by atoms with Gasteiger partial charge in [0.05, 0.1) is 23.4 Å². The molecule has 4 aromatic rings. The summed E-state index contributed by atoms with van der Waals surface area (Å²) in [4.78, 5) is 21.9. The molecule has 0 bridgehead atoms. The van der Waals surface area contributed by atoms with Crippen molar-refractivity contribution in [3.63, 3.8) is 0 Å². The predicted molar refractivity (Wildman–Crippen MR) is 111 cm³/mol. The molecule has 0 aliphatic carbocycles. The van der Waals surface area contributed by atoms with Gasteiger partial charge in [-0.3, -0.25) is 4.79 Å². The lowest BCUT2D eigenvalue weighted by Crippen LogP contribution is -2.14. The minimum Gasteiger partial charge on any atom is -0.494 e. The molecule has 0 radical (unpaired) electrons. The molecule has 138 valence electrons. The molecule has 1 amide bonds. The molecule has 4 rings (SSSR count). The van der Waals surface area contributed by atoms with Crippen LogP contribution in [0.15, 0.2) is 79.0 Å². The smallest absolute Gasteiger partial charge is 0.257 e. The number of para-hydroxylation sites is 1. The number of nitrogens with one attached hydrogen (secondary N) is 1. The normalized spacial score (nSPS) is 10.6. The third-order valence-electron chi connectivity index (χ3n) is 4.33. The molecule has 0 saturated heterocycles. The lowest BCUT2D eigenvalue weighted by molar-refractivity contribution is 0.102. The van der Waals surface area contributed by atoms with Gasteiger partial charge in [0.25, 0.3) is 5.91 Å². The molecule has 0 spiro atoms. The largest absolute Gasteiger partial charge is 0.494 e. The molecule has 2 aromatic heterocycles. The minimum atomic E-state index is -0.218. The maximum absolute atomic E-state index is 13.0. The van der Waals surface area contributed by atoms with Crippen LogP contribution in [0.1, 0.15) is 17.3 Å². The number of nitrogens with zero attached hydrogens (tertiary/aromatic N) is 2. The fraction of sp³-hybridized carbons (Fsp3) is 0.0870. The number of fused-ring (bicyclic) bond motifs is 1. The maximum atomic E-state index is 13.0. The van der Waals surface area contributed by atoms with Crippen LogP contribution >= 0.6 is 0 Å². The Bertz CT molecular complexity index is 1110. The van der Waals surface area contributed by atoms with Crippen molar-refractivity contribution in [3.05, 3.63) is 84.6 Å². The minimum absolute atomic E-state index is 0.218. The number of hydrogen-bond acceptors (Lipinski definition) is 4. The first kappa shape index (κ1) is 17.7. The van der Waals surface area contributed by atoms with Crippen molar-refractivity contribution >= 4 is 22.6 Å². The zero-order valence-electron chi connectivity index (χ0n) is 15.4. The van der Waals surface area contributed by atoms with E-state index in [-0.39, 0.29) is 5.91 Å². The Morgan fingerprint density at radius 3 is 2.54 bits per heavy atom. The number of aromatic nitrogens is 2. The second kappa shape index (κ2) is 7.88. The first-order chi connectivity index (χ1) is 13.7. The van der Waals surface area contributed by atoms with Gasteiger partial charge in [0, 0.05) is 17.1 Å². The van der Waals surface area contributed by atoms with Crippen LogP contribution in [-0.4, -0.2) is 22.5 Å². The van der Waals surface area contributed by atoms with Gasteiger partial charge in [-0.25, -0.2) is 9.97 Å². The van der Waals surface area contributed by atoms with E-state index in [1.54, 1.807) is 12.3 Å². The number of hydrogen-bond donors (Lipinski definition) is 1. The van der Waals surface area contributed by atoms with E-state index < -0.39 is 0 Å². The Labute approximate surface area is 163 Å². The highest BCUT2D eigenvalue weighted by molar-refractivity contribution is 6.12. The van der Waals surface area contributed by atoms with Crippen LogP contribution in [0.25, 0.3) is 22.2 Å². The average Bonchev–Trinajstić information content (AvgIpc) is 2.74. The zero-order chi connectivity index (χ0) is 19.3. The van der Waals surface area contributed by atoms with E-state index >= 15 is 0 Å². The van der Waals surface area contributed by atoms with Crippen LogP contribution < -0.4 is 10.1 Å². The summed E-state index contributed by atoms with van der Waals surface area (Å²) in [5.41, 5.74) is 2.97. The summed E-state index contributed by atoms with van der Waals surface area (Å²) in [6.45, 7) is 2.57. The summed E-state index contributed by atoms with van der Waals surface area (Å²) in [5.74, 6) is 1.10. The molecule has 0 atom stereocenters. The average molecular weight is 369 g/mol. The Balaban J connectivity index is 1.76. The van der Waals surface area contributed by atoms with Crippen LogP contribution in [0, 0.1) is 0 Å². The van der Waals surface area contributed by atoms with E-state index in [4.69, 9.17) is 9.72 Å². The van der Waals surface area contributed by atoms with E-state index in [0.717, 1.165) is 27.9 Å². The molecule has 0 fully saturated rings. The van der Waals surface area contributed by atoms with Crippen molar-refractivity contribution < 1.29 is 9.53 Å². The summed E-state index contributed by atoms with van der Waals surface area (Å²) in [6.07, 6.45) is 1.64. The fourth-order valence-electron chi connectivity index (χ4n) is 3.02. The van der Waals surface area contributed by atoms with Crippen molar-refractivity contribution in [1.82, 2.24) is 9.97 Å². The van der Waals surface area contributed by atoms with Crippen LogP contribution in [0.4, 0.5) is 5.82 Å². The van der Waals surface area contributed by atoms with Crippen molar-refractivity contribution in [1.29, 1.82) is 0 Å². The molecule has 5 nitrogen and oxygen atoms in total. The number of ether oxygens (including phenoxy) is 1. The highest BCUT2D eigenvalue weighted by Gasteiger charge is 2.14. The van der Waals surface area contributed by atoms with Crippen molar-refractivity contribution in [2.24, 2.45) is 0 Å². The molecule has 28 heavy (non-hydrogen) atoms. The topological polar surface area (TPSA) is 64.1 Å². The van der Waals surface area contributed by atoms with Crippen LogP contribution in [0.3, 0.4) is 0 Å². The first-order valence-corrected chi connectivity index (χ1v) is 9.10. The van der Waals surface area contributed by atoms with Crippen molar-refractivity contribution in [2.75, 3.05) is 11.9 Å². The quantitative estimate of drug-likeness (QED) is 0.541. The molecule has 1 N–H and O–H groups in total. The lowest BCUT2D eigenvalue weighted by atomic mass is 10.0. The van der Waals surface area contributed by atoms with Crippen molar-refractivity contribution in [2.45, 2.75) is 6.92 Å². The van der Waals surface area contributed by atoms with Gasteiger partial charge in [0.2, 0.25) is 0 Å². The van der Waals surface area contributed by atoms with Gasteiger partial charge in [0.1, 0.15) is 11.6 Å². The van der Waals surface area contributed by atoms with E-state index in [0.29, 0.717) is 18.0 Å². The van der Waals surface area contributed by atoms with Gasteiger partial charge in [-0.05, 0) is 55.5 Å². The summed E-state index contributed by atoms with van der Waals surface area (Å²) in [6, 6.07) is 22.5. The maximum Gasteiger partial charge on any atom is 0.257 e. The highest BCUT2D eigenvalue weighted by atomic mass is 16.5. The molecule has 5 heteroatoms. The summed E-state index contributed by atoms with van der Waals surface area (Å²) >= 11 is 0. The molecular formula is C23H19N3O2. The molecule has 2 aromatic carbocycles. The third-order valence-corrected chi connectivity index (χ3v) is 4.33. The van der Waals surface area contributed by atoms with Crippen LogP contribution in [0.5, 0.6) is 5.75 Å². The molecule has 0 unspecified atom stereocenters. The number of amides is 1. The van der Waals surface area contributed by atoms with E-state index in [2.05, 4.69) is 10.3 Å². The second-order valence-electron chi connectivity index (χ2n) is 6.20. The molecule has 0 saturated carbocycles. The van der Waals surface area contributed by atoms with E-state index in [9.17, 15) is 4.79 Å². The van der Waals surface area contributed by atoms with Gasteiger partial charge in [-0.1, -0.05) is 24.3 Å². The van der Waals surface area contributed by atoms with Gasteiger partial charge >= 0.3 is 0 Å². The zero-order valence-corrected chi connectivity index (χ0v) is 15.4. The number of anilines is 1. The molecule has 0 aliphatic rings. The van der Waals surface area contributed by atoms with Crippen LogP contribution in [-0.2, 0) is 0 Å². The molecule has 2 heterocycles. The Hall–Kier alpha value is -3.73. The Kier molecular flexibility index (Phi) is 4.97. The summed E-state index contributed by atoms with van der Waals surface area (Å²) < 4.78 is 5.50. The van der Waals surface area contributed by atoms with Gasteiger partial charge in [0.15, 0.2) is 0 Å². The van der Waals surface area contributed by atoms with E-state index in [1.807, 2.05) is 73.7 Å². The highest BCUT2D eigenvalue weighted by Crippen LogP contribution is 2.27. The number of rotatable bonds is 5. The predicted octanol–water partition coefficient (Wildman–Crippen LogP) is 4.95. The summed E-state index contributed by atoms with van der Waals surface area (Å²) in [5, 5.41) is 3.65. The Morgan fingerprint density at radius 2 is 1.79 bits per heavy atom. The fourth-order valence-corrected chi connectivity index (χ4v) is 3.02. The number of carbonyl (C=O) groups excluding carboxylic acids is 1. The second-order valence-corrected chi connectivity index (χ2v) is 6.20. The SMILES string of the molecule is CCOc1ccc(-c2cc(C(=O)Nc3ccccn3)c3ccccc3n2)cc1.